The summed E-state index contributed by atoms with van der Waals surface area (Å²) < 4.78 is 5.19. The van der Waals surface area contributed by atoms with Crippen molar-refractivity contribution in [2.75, 3.05) is 17.2 Å². The van der Waals surface area contributed by atoms with Crippen LogP contribution in [0.4, 0.5) is 11.4 Å². The summed E-state index contributed by atoms with van der Waals surface area (Å²) in [7, 11) is 0. The topological polar surface area (TPSA) is 104 Å². The van der Waals surface area contributed by atoms with E-state index in [0.717, 1.165) is 12.8 Å². The molecule has 2 rings (SSSR count). The van der Waals surface area contributed by atoms with E-state index >= 15 is 0 Å². The minimum atomic E-state index is -0.636. The van der Waals surface area contributed by atoms with Gasteiger partial charge >= 0.3 is 5.97 Å². The molecule has 2 aromatic rings. The molecule has 2 N–H and O–H groups in total. The maximum absolute atomic E-state index is 12.4. The second-order valence-corrected chi connectivity index (χ2v) is 5.55. The van der Waals surface area contributed by atoms with E-state index in [-0.39, 0.29) is 16.8 Å². The molecular weight excluding hydrogens is 344 g/mol. The molecule has 7 heteroatoms. The highest BCUT2D eigenvalue weighted by molar-refractivity contribution is 6.09. The van der Waals surface area contributed by atoms with Crippen molar-refractivity contribution in [2.24, 2.45) is 0 Å². The first-order valence-corrected chi connectivity index (χ1v) is 8.50. The molecule has 1 heterocycles. The first kappa shape index (κ1) is 19.7. The number of anilines is 2. The lowest BCUT2D eigenvalue weighted by molar-refractivity contribution is -0.112. The van der Waals surface area contributed by atoms with Crippen molar-refractivity contribution in [1.82, 2.24) is 4.98 Å². The average molecular weight is 364 g/mol. The van der Waals surface area contributed by atoms with Crippen molar-refractivity contribution in [3.05, 3.63) is 66.1 Å². The number of unbranched alkanes of at least 4 members (excludes halogenated alkanes) is 1. The van der Waals surface area contributed by atoms with E-state index in [2.05, 4.69) is 15.6 Å². The maximum atomic E-state index is 12.4. The summed E-state index contributed by atoms with van der Waals surface area (Å²) in [5, 5.41) is 14.7. The van der Waals surface area contributed by atoms with E-state index in [0.29, 0.717) is 12.3 Å². The Hall–Kier alpha value is -3.66. The van der Waals surface area contributed by atoms with Gasteiger partial charge in [0.1, 0.15) is 11.6 Å². The molecule has 0 fully saturated rings. The summed E-state index contributed by atoms with van der Waals surface area (Å²) in [6, 6.07) is 11.8. The Morgan fingerprint density at radius 1 is 1.26 bits per heavy atom. The lowest BCUT2D eigenvalue weighted by Crippen LogP contribution is -2.18. The number of aromatic nitrogens is 1. The Bertz CT molecular complexity index is 857. The van der Waals surface area contributed by atoms with Gasteiger partial charge in [0.15, 0.2) is 0 Å². The molecule has 0 radical (unpaired) electrons. The van der Waals surface area contributed by atoms with Gasteiger partial charge in [-0.15, -0.1) is 0 Å². The lowest BCUT2D eigenvalue weighted by Gasteiger charge is -2.10. The number of nitriles is 1. The predicted molar refractivity (Wildman–Crippen MR) is 102 cm³/mol. The molecule has 1 aromatic heterocycles. The zero-order valence-corrected chi connectivity index (χ0v) is 14.9. The quantitative estimate of drug-likeness (QED) is 0.321. The third kappa shape index (κ3) is 5.97. The van der Waals surface area contributed by atoms with Crippen molar-refractivity contribution in [1.29, 1.82) is 5.26 Å². The largest absolute Gasteiger partial charge is 0.462 e. The molecule has 0 aliphatic rings. The van der Waals surface area contributed by atoms with Crippen molar-refractivity contribution >= 4 is 23.3 Å². The first-order valence-electron chi connectivity index (χ1n) is 8.50. The Kier molecular flexibility index (Phi) is 7.54. The van der Waals surface area contributed by atoms with E-state index in [1.807, 2.05) is 13.0 Å². The number of nitrogens with one attached hydrogen (secondary N) is 2. The van der Waals surface area contributed by atoms with Gasteiger partial charge in [0, 0.05) is 12.4 Å². The van der Waals surface area contributed by atoms with E-state index in [1.54, 1.807) is 48.8 Å². The van der Waals surface area contributed by atoms with Crippen LogP contribution in [-0.2, 0) is 9.53 Å². The first-order chi connectivity index (χ1) is 13.2. The Morgan fingerprint density at radius 3 is 2.78 bits per heavy atom. The van der Waals surface area contributed by atoms with Gasteiger partial charge in [-0.1, -0.05) is 25.5 Å². The molecule has 0 aliphatic carbocycles. The van der Waals surface area contributed by atoms with Gasteiger partial charge in [0.2, 0.25) is 0 Å². The smallest absolute Gasteiger partial charge is 0.340 e. The molecule has 27 heavy (non-hydrogen) atoms. The summed E-state index contributed by atoms with van der Waals surface area (Å²) in [4.78, 5) is 28.5. The van der Waals surface area contributed by atoms with E-state index in [1.165, 1.54) is 6.20 Å². The van der Waals surface area contributed by atoms with Gasteiger partial charge < -0.3 is 15.4 Å². The molecule has 0 spiro atoms. The molecule has 0 aliphatic heterocycles. The van der Waals surface area contributed by atoms with Gasteiger partial charge in [-0.25, -0.2) is 4.79 Å². The van der Waals surface area contributed by atoms with Crippen molar-refractivity contribution in [3.63, 3.8) is 0 Å². The van der Waals surface area contributed by atoms with E-state index < -0.39 is 11.9 Å². The van der Waals surface area contributed by atoms with Crippen LogP contribution in [0.1, 0.15) is 30.1 Å². The minimum absolute atomic E-state index is 0.145. The number of carbonyl (C=O) groups excluding carboxylic acids is 2. The lowest BCUT2D eigenvalue weighted by atomic mass is 10.1. The second kappa shape index (κ2) is 10.4. The third-order valence-electron chi connectivity index (χ3n) is 3.54. The number of nitrogens with zero attached hydrogens (tertiary/aromatic N) is 2. The molecule has 1 aromatic carbocycles. The van der Waals surface area contributed by atoms with Crippen LogP contribution in [0.25, 0.3) is 0 Å². The molecular formula is C20H20N4O3. The van der Waals surface area contributed by atoms with Crippen molar-refractivity contribution in [2.45, 2.75) is 19.8 Å². The van der Waals surface area contributed by atoms with Gasteiger partial charge in [-0.3, -0.25) is 9.78 Å². The van der Waals surface area contributed by atoms with Crippen LogP contribution in [0.15, 0.2) is 60.6 Å². The normalized spacial score (nSPS) is 10.6. The van der Waals surface area contributed by atoms with Gasteiger partial charge in [-0.05, 0) is 30.7 Å². The monoisotopic (exact) mass is 364 g/mol. The third-order valence-corrected chi connectivity index (χ3v) is 3.54. The molecule has 138 valence electrons. The number of amides is 1. The number of hydrogen-bond acceptors (Lipinski definition) is 6. The zero-order chi connectivity index (χ0) is 19.5. The number of carbonyl (C=O) groups is 2. The Balaban J connectivity index is 2.10. The summed E-state index contributed by atoms with van der Waals surface area (Å²) in [6.07, 6.45) is 6.14. The zero-order valence-electron chi connectivity index (χ0n) is 14.9. The fraction of sp³-hybridized carbons (Fsp3) is 0.200. The second-order valence-electron chi connectivity index (χ2n) is 5.55. The number of rotatable bonds is 8. The van der Waals surface area contributed by atoms with Crippen LogP contribution < -0.4 is 10.6 Å². The van der Waals surface area contributed by atoms with E-state index in [9.17, 15) is 14.9 Å². The standard InChI is InChI=1S/C20H20N4O3/c1-2-3-11-27-20(26)17-8-4-5-9-18(17)24-19(25)15(12-21)13-23-16-7-6-10-22-14-16/h4-10,13-14,23H,2-3,11H2,1H3,(H,24,25)/b15-13-. The summed E-state index contributed by atoms with van der Waals surface area (Å²) in [6.45, 7) is 2.31. The number of ether oxygens (including phenoxy) is 1. The highest BCUT2D eigenvalue weighted by atomic mass is 16.5. The Labute approximate surface area is 157 Å². The number of hydrogen-bond donors (Lipinski definition) is 2. The molecule has 7 nitrogen and oxygen atoms in total. The molecule has 0 unspecified atom stereocenters. The minimum Gasteiger partial charge on any atom is -0.462 e. The van der Waals surface area contributed by atoms with Crippen LogP contribution in [0.2, 0.25) is 0 Å². The molecule has 0 bridgehead atoms. The molecule has 1 amide bonds. The fourth-order valence-electron chi connectivity index (χ4n) is 2.10. The van der Waals surface area contributed by atoms with Gasteiger partial charge in [0.05, 0.1) is 29.7 Å². The molecule has 0 saturated carbocycles. The number of benzene rings is 1. The van der Waals surface area contributed by atoms with E-state index in [4.69, 9.17) is 4.74 Å². The predicted octanol–water partition coefficient (Wildman–Crippen LogP) is 3.50. The van der Waals surface area contributed by atoms with Crippen LogP contribution in [-0.4, -0.2) is 23.5 Å². The van der Waals surface area contributed by atoms with Gasteiger partial charge in [0.25, 0.3) is 5.91 Å². The highest BCUT2D eigenvalue weighted by Gasteiger charge is 2.16. The van der Waals surface area contributed by atoms with Crippen molar-refractivity contribution in [3.8, 4) is 6.07 Å². The summed E-state index contributed by atoms with van der Waals surface area (Å²) >= 11 is 0. The summed E-state index contributed by atoms with van der Waals surface area (Å²) in [5.74, 6) is -1.15. The average Bonchev–Trinajstić information content (AvgIpc) is 2.70. The summed E-state index contributed by atoms with van der Waals surface area (Å²) in [5.41, 5.74) is 1.01. The molecule has 0 atom stereocenters. The van der Waals surface area contributed by atoms with Crippen molar-refractivity contribution < 1.29 is 14.3 Å². The van der Waals surface area contributed by atoms with Gasteiger partial charge in [-0.2, -0.15) is 5.26 Å². The highest BCUT2D eigenvalue weighted by Crippen LogP contribution is 2.17. The number of esters is 1. The fourth-order valence-corrected chi connectivity index (χ4v) is 2.10. The van der Waals surface area contributed by atoms with Crippen LogP contribution >= 0.6 is 0 Å². The SMILES string of the molecule is CCCCOC(=O)c1ccccc1NC(=O)/C(C#N)=C\Nc1cccnc1. The van der Waals surface area contributed by atoms with Crippen LogP contribution in [0.5, 0.6) is 0 Å². The molecule has 0 saturated heterocycles. The van der Waals surface area contributed by atoms with Crippen LogP contribution in [0, 0.1) is 11.3 Å². The maximum Gasteiger partial charge on any atom is 0.340 e. The number of para-hydroxylation sites is 1. The van der Waals surface area contributed by atoms with Crippen LogP contribution in [0.3, 0.4) is 0 Å². The Morgan fingerprint density at radius 2 is 2.07 bits per heavy atom. The number of pyridine rings is 1.